The quantitative estimate of drug-likeness (QED) is 0.591. The van der Waals surface area contributed by atoms with Crippen molar-refractivity contribution < 1.29 is 4.73 Å². The summed E-state index contributed by atoms with van der Waals surface area (Å²) in [6.07, 6.45) is 3.51. The molecule has 0 amide bonds. The number of nitrogens with zero attached hydrogens (tertiary/aromatic N) is 2. The van der Waals surface area contributed by atoms with E-state index in [-0.39, 0.29) is 0 Å². The number of anilines is 2. The normalized spacial score (nSPS) is 10.3. The van der Waals surface area contributed by atoms with E-state index in [1.165, 1.54) is 6.20 Å². The molecule has 0 saturated heterocycles. The highest BCUT2D eigenvalue weighted by Crippen LogP contribution is 2.17. The van der Waals surface area contributed by atoms with Gasteiger partial charge in [0.15, 0.2) is 0 Å². The van der Waals surface area contributed by atoms with Crippen LogP contribution in [-0.2, 0) is 0 Å². The van der Waals surface area contributed by atoms with E-state index in [1.807, 2.05) is 4.90 Å². The van der Waals surface area contributed by atoms with E-state index in [9.17, 15) is 5.21 Å². The topological polar surface area (TPSA) is 56.2 Å². The van der Waals surface area contributed by atoms with Gasteiger partial charge in [-0.15, -0.1) is 0 Å². The Morgan fingerprint density at radius 3 is 2.40 bits per heavy atom. The van der Waals surface area contributed by atoms with Gasteiger partial charge >= 0.3 is 5.82 Å². The van der Waals surface area contributed by atoms with Crippen LogP contribution in [0.3, 0.4) is 0 Å². The maximum absolute atomic E-state index is 11.6. The van der Waals surface area contributed by atoms with Crippen LogP contribution >= 0.6 is 0 Å². The summed E-state index contributed by atoms with van der Waals surface area (Å²) in [6, 6.07) is 3.43. The van der Waals surface area contributed by atoms with E-state index in [1.54, 1.807) is 12.1 Å². The van der Waals surface area contributed by atoms with Crippen LogP contribution in [-0.4, -0.2) is 13.1 Å². The Bertz CT molecular complexity index is 288. The van der Waals surface area contributed by atoms with E-state index in [0.717, 1.165) is 30.7 Å². The maximum atomic E-state index is 11.6. The lowest BCUT2D eigenvalue weighted by Gasteiger charge is -2.21. The molecule has 0 aliphatic rings. The Hall–Kier alpha value is -1.45. The van der Waals surface area contributed by atoms with E-state index in [2.05, 4.69) is 13.8 Å². The van der Waals surface area contributed by atoms with Crippen LogP contribution in [0.5, 0.6) is 0 Å². The predicted octanol–water partition coefficient (Wildman–Crippen LogP) is 1.53. The first-order valence-electron chi connectivity index (χ1n) is 5.43. The summed E-state index contributed by atoms with van der Waals surface area (Å²) in [7, 11) is 0. The average Bonchev–Trinajstić information content (AvgIpc) is 2.18. The van der Waals surface area contributed by atoms with Gasteiger partial charge in [0.05, 0.1) is 19.3 Å². The Morgan fingerprint density at radius 2 is 1.93 bits per heavy atom. The summed E-state index contributed by atoms with van der Waals surface area (Å²) in [4.78, 5) is 2.04. The van der Waals surface area contributed by atoms with Gasteiger partial charge in [-0.1, -0.05) is 13.8 Å². The number of aromatic nitrogens is 1. The molecule has 0 atom stereocenters. The molecule has 0 spiro atoms. The Balaban J connectivity index is 2.98. The summed E-state index contributed by atoms with van der Waals surface area (Å²) in [5.41, 5.74) is 6.37. The second kappa shape index (κ2) is 5.44. The SMILES string of the molecule is CCCN(CCC)c1c(N)ccc[n+]1[O-]. The molecule has 2 N–H and O–H groups in total. The zero-order chi connectivity index (χ0) is 11.3. The van der Waals surface area contributed by atoms with E-state index >= 15 is 0 Å². The zero-order valence-electron chi connectivity index (χ0n) is 9.44. The van der Waals surface area contributed by atoms with Crippen LogP contribution in [0.4, 0.5) is 11.5 Å². The summed E-state index contributed by atoms with van der Waals surface area (Å²) in [6.45, 7) is 5.92. The molecule has 0 unspecified atom stereocenters. The van der Waals surface area contributed by atoms with Crippen LogP contribution < -0.4 is 15.4 Å². The van der Waals surface area contributed by atoms with Crippen molar-refractivity contribution in [1.29, 1.82) is 0 Å². The molecule has 0 bridgehead atoms. The lowest BCUT2D eigenvalue weighted by atomic mass is 10.3. The first-order chi connectivity index (χ1) is 7.20. The van der Waals surface area contributed by atoms with Crippen molar-refractivity contribution in [3.63, 3.8) is 0 Å². The van der Waals surface area contributed by atoms with Crippen LogP contribution in [0, 0.1) is 5.21 Å². The molecule has 1 aromatic heterocycles. The molecule has 0 radical (unpaired) electrons. The van der Waals surface area contributed by atoms with Gasteiger partial charge in [0.25, 0.3) is 0 Å². The molecule has 1 rings (SSSR count). The summed E-state index contributed by atoms with van der Waals surface area (Å²) in [5.74, 6) is 0.584. The number of nitrogens with two attached hydrogens (primary N) is 1. The first kappa shape index (κ1) is 11.6. The van der Waals surface area contributed by atoms with Crippen molar-refractivity contribution in [2.75, 3.05) is 23.7 Å². The number of nitrogen functional groups attached to an aromatic ring is 1. The van der Waals surface area contributed by atoms with E-state index in [4.69, 9.17) is 5.73 Å². The highest BCUT2D eigenvalue weighted by Gasteiger charge is 2.18. The fraction of sp³-hybridized carbons (Fsp3) is 0.545. The fourth-order valence-electron chi connectivity index (χ4n) is 1.68. The Kier molecular flexibility index (Phi) is 4.21. The van der Waals surface area contributed by atoms with Crippen LogP contribution in [0.15, 0.2) is 18.3 Å². The molecule has 4 heteroatoms. The lowest BCUT2D eigenvalue weighted by molar-refractivity contribution is -0.591. The third kappa shape index (κ3) is 2.75. The number of hydrogen-bond acceptors (Lipinski definition) is 3. The molecule has 15 heavy (non-hydrogen) atoms. The minimum Gasteiger partial charge on any atom is -0.711 e. The summed E-state index contributed by atoms with van der Waals surface area (Å²) < 4.78 is 0.848. The number of pyridine rings is 1. The van der Waals surface area contributed by atoms with Crippen molar-refractivity contribution in [3.05, 3.63) is 23.5 Å². The van der Waals surface area contributed by atoms with E-state index < -0.39 is 0 Å². The molecule has 4 nitrogen and oxygen atoms in total. The van der Waals surface area contributed by atoms with Crippen molar-refractivity contribution in [3.8, 4) is 0 Å². The Labute approximate surface area is 90.9 Å². The molecule has 1 aromatic rings. The van der Waals surface area contributed by atoms with Crippen molar-refractivity contribution >= 4 is 11.5 Å². The minimum absolute atomic E-state index is 0.550. The minimum atomic E-state index is 0.550. The van der Waals surface area contributed by atoms with Gasteiger partial charge < -0.3 is 10.9 Å². The highest BCUT2D eigenvalue weighted by atomic mass is 16.5. The van der Waals surface area contributed by atoms with Gasteiger partial charge in [-0.2, -0.15) is 0 Å². The third-order valence-electron chi connectivity index (χ3n) is 2.25. The maximum Gasteiger partial charge on any atom is 0.303 e. The van der Waals surface area contributed by atoms with Gasteiger partial charge in [0, 0.05) is 0 Å². The molecule has 0 aliphatic carbocycles. The molecule has 0 saturated carbocycles. The molecule has 0 aliphatic heterocycles. The van der Waals surface area contributed by atoms with E-state index in [0.29, 0.717) is 11.5 Å². The largest absolute Gasteiger partial charge is 0.711 e. The average molecular weight is 209 g/mol. The van der Waals surface area contributed by atoms with Crippen molar-refractivity contribution in [1.82, 2.24) is 0 Å². The Morgan fingerprint density at radius 1 is 1.33 bits per heavy atom. The van der Waals surface area contributed by atoms with Crippen LogP contribution in [0.25, 0.3) is 0 Å². The van der Waals surface area contributed by atoms with Gasteiger partial charge in [0.2, 0.25) is 0 Å². The molecule has 0 fully saturated rings. The van der Waals surface area contributed by atoms with Crippen LogP contribution in [0.1, 0.15) is 26.7 Å². The second-order valence-corrected chi connectivity index (χ2v) is 3.60. The van der Waals surface area contributed by atoms with Crippen LogP contribution in [0.2, 0.25) is 0 Å². The van der Waals surface area contributed by atoms with Gasteiger partial charge in [-0.05, 0) is 25.0 Å². The molecular formula is C11H19N3O. The highest BCUT2D eigenvalue weighted by molar-refractivity contribution is 5.58. The fourth-order valence-corrected chi connectivity index (χ4v) is 1.68. The third-order valence-corrected chi connectivity index (χ3v) is 2.25. The van der Waals surface area contributed by atoms with Gasteiger partial charge in [-0.25, -0.2) is 4.73 Å². The van der Waals surface area contributed by atoms with Crippen molar-refractivity contribution in [2.45, 2.75) is 26.7 Å². The first-order valence-corrected chi connectivity index (χ1v) is 5.43. The summed E-state index contributed by atoms with van der Waals surface area (Å²) >= 11 is 0. The molecule has 84 valence electrons. The monoisotopic (exact) mass is 209 g/mol. The molecular weight excluding hydrogens is 190 g/mol. The number of hydrogen-bond donors (Lipinski definition) is 1. The smallest absolute Gasteiger partial charge is 0.303 e. The van der Waals surface area contributed by atoms with Crippen molar-refractivity contribution in [2.24, 2.45) is 0 Å². The second-order valence-electron chi connectivity index (χ2n) is 3.60. The standard InChI is InChI=1S/C11H19N3O/c1-3-7-13(8-4-2)11-10(12)6-5-9-14(11)15/h5-6,9H,3-4,7-8,12H2,1-2H3. The molecule has 0 aromatic carbocycles. The number of rotatable bonds is 5. The lowest BCUT2D eigenvalue weighted by Crippen LogP contribution is -2.39. The predicted molar refractivity (Wildman–Crippen MR) is 62.6 cm³/mol. The summed E-state index contributed by atoms with van der Waals surface area (Å²) in [5, 5.41) is 11.6. The van der Waals surface area contributed by atoms with Gasteiger partial charge in [0.1, 0.15) is 5.69 Å². The zero-order valence-corrected chi connectivity index (χ0v) is 9.44. The van der Waals surface area contributed by atoms with Gasteiger partial charge in [-0.3, -0.25) is 4.90 Å². The molecule has 1 heterocycles.